The number of sulfonamides is 1. The van der Waals surface area contributed by atoms with Crippen LogP contribution in [0.4, 0.5) is 5.82 Å². The van der Waals surface area contributed by atoms with E-state index in [1.807, 2.05) is 44.2 Å². The van der Waals surface area contributed by atoms with E-state index in [-0.39, 0.29) is 0 Å². The number of aryl methyl sites for hydroxylation is 2. The van der Waals surface area contributed by atoms with Gasteiger partial charge in [-0.3, -0.25) is 0 Å². The number of ether oxygens (including phenoxy) is 1. The Bertz CT molecular complexity index is 1140. The van der Waals surface area contributed by atoms with Crippen molar-refractivity contribution in [1.29, 1.82) is 0 Å². The quantitative estimate of drug-likeness (QED) is 0.684. The maximum absolute atomic E-state index is 13.4. The maximum atomic E-state index is 13.4. The Morgan fingerprint density at radius 3 is 2.67 bits per heavy atom. The van der Waals surface area contributed by atoms with E-state index in [2.05, 4.69) is 4.98 Å². The van der Waals surface area contributed by atoms with Gasteiger partial charge in [-0.1, -0.05) is 18.2 Å². The van der Waals surface area contributed by atoms with E-state index in [0.29, 0.717) is 35.8 Å². The molecule has 1 aliphatic rings. The molecule has 0 amide bonds. The monoisotopic (exact) mass is 382 g/mol. The van der Waals surface area contributed by atoms with Crippen LogP contribution in [0.25, 0.3) is 10.9 Å². The van der Waals surface area contributed by atoms with Gasteiger partial charge in [-0.2, -0.15) is 0 Å². The van der Waals surface area contributed by atoms with Gasteiger partial charge in [0.1, 0.15) is 11.6 Å². The number of fused-ring (bicyclic) bond motifs is 2. The molecule has 27 heavy (non-hydrogen) atoms. The van der Waals surface area contributed by atoms with E-state index in [9.17, 15) is 8.42 Å². The summed E-state index contributed by atoms with van der Waals surface area (Å²) in [5.41, 5.74) is 3.26. The summed E-state index contributed by atoms with van der Waals surface area (Å²) in [6, 6.07) is 13.3. The van der Waals surface area contributed by atoms with Crippen LogP contribution in [0.5, 0.6) is 5.75 Å². The Balaban J connectivity index is 1.81. The molecule has 2 aromatic carbocycles. The first-order valence-corrected chi connectivity index (χ1v) is 10.5. The molecule has 140 valence electrons. The number of nitrogens with zero attached hydrogens (tertiary/aromatic N) is 2. The molecule has 0 saturated carbocycles. The van der Waals surface area contributed by atoms with Gasteiger partial charge in [0.05, 0.1) is 17.0 Å². The molecular weight excluding hydrogens is 360 g/mol. The third kappa shape index (κ3) is 2.94. The molecule has 1 aromatic heterocycles. The fourth-order valence-electron chi connectivity index (χ4n) is 3.58. The minimum atomic E-state index is -3.69. The predicted octanol–water partition coefficient (Wildman–Crippen LogP) is 4.00. The zero-order valence-corrected chi connectivity index (χ0v) is 16.5. The van der Waals surface area contributed by atoms with Gasteiger partial charge in [-0.05, 0) is 68.1 Å². The smallest absolute Gasteiger partial charge is 0.265 e. The second-order valence-electron chi connectivity index (χ2n) is 6.81. The second kappa shape index (κ2) is 6.53. The molecule has 0 radical (unpaired) electrons. The first-order valence-electron chi connectivity index (χ1n) is 9.07. The molecule has 5 nitrogen and oxygen atoms in total. The molecule has 0 aliphatic carbocycles. The van der Waals surface area contributed by atoms with E-state index >= 15 is 0 Å². The molecule has 3 aromatic rings. The number of rotatable bonds is 4. The van der Waals surface area contributed by atoms with Crippen LogP contribution in [0.2, 0.25) is 0 Å². The Labute approximate surface area is 159 Å². The summed E-state index contributed by atoms with van der Waals surface area (Å²) in [6.45, 7) is 6.54. The van der Waals surface area contributed by atoms with Crippen molar-refractivity contribution < 1.29 is 13.2 Å². The highest BCUT2D eigenvalue weighted by atomic mass is 32.2. The average Bonchev–Trinajstić information content (AvgIpc) is 3.06. The van der Waals surface area contributed by atoms with E-state index in [4.69, 9.17) is 4.74 Å². The highest BCUT2D eigenvalue weighted by molar-refractivity contribution is 7.92. The number of anilines is 1. The highest BCUT2D eigenvalue weighted by Gasteiger charge is 2.33. The molecule has 2 heterocycles. The minimum Gasteiger partial charge on any atom is -0.494 e. The molecule has 6 heteroatoms. The summed E-state index contributed by atoms with van der Waals surface area (Å²) in [7, 11) is -3.69. The first kappa shape index (κ1) is 17.8. The summed E-state index contributed by atoms with van der Waals surface area (Å²) in [6.07, 6.45) is 0.668. The van der Waals surface area contributed by atoms with Crippen molar-refractivity contribution in [2.24, 2.45) is 0 Å². The number of hydrogen-bond donors (Lipinski definition) is 0. The first-order chi connectivity index (χ1) is 12.9. The molecule has 0 atom stereocenters. The summed E-state index contributed by atoms with van der Waals surface area (Å²) < 4.78 is 33.9. The van der Waals surface area contributed by atoms with E-state index in [1.165, 1.54) is 4.31 Å². The third-order valence-corrected chi connectivity index (χ3v) is 6.87. The molecular formula is C21H22N2O3S. The summed E-state index contributed by atoms with van der Waals surface area (Å²) in [4.78, 5) is 4.96. The van der Waals surface area contributed by atoms with Crippen LogP contribution in [-0.2, 0) is 16.4 Å². The fourth-order valence-corrected chi connectivity index (χ4v) is 5.33. The van der Waals surface area contributed by atoms with Gasteiger partial charge in [0.2, 0.25) is 0 Å². The third-order valence-electron chi connectivity index (χ3n) is 4.94. The van der Waals surface area contributed by atoms with Crippen molar-refractivity contribution in [3.63, 3.8) is 0 Å². The van der Waals surface area contributed by atoms with Crippen molar-refractivity contribution in [3.8, 4) is 5.75 Å². The number of benzene rings is 2. The summed E-state index contributed by atoms with van der Waals surface area (Å²) >= 11 is 0. The van der Waals surface area contributed by atoms with Gasteiger partial charge in [0.15, 0.2) is 0 Å². The van der Waals surface area contributed by atoms with Gasteiger partial charge in [-0.25, -0.2) is 17.7 Å². The van der Waals surface area contributed by atoms with Crippen molar-refractivity contribution >= 4 is 26.7 Å². The Morgan fingerprint density at radius 2 is 1.89 bits per heavy atom. The largest absolute Gasteiger partial charge is 0.494 e. The normalized spacial score (nSPS) is 13.8. The van der Waals surface area contributed by atoms with Crippen LogP contribution < -0.4 is 9.04 Å². The average molecular weight is 382 g/mol. The SMILES string of the molecule is CCOc1cc(C)c(S(=O)(=O)N2CCc3cc4ccccc4nc32)cc1C. The molecule has 1 aliphatic heterocycles. The van der Waals surface area contributed by atoms with Gasteiger partial charge in [-0.15, -0.1) is 0 Å². The standard InChI is InChI=1S/C21H22N2O3S/c1-4-26-19-11-15(3)20(12-14(19)2)27(24,25)23-10-9-17-13-16-7-5-6-8-18(16)22-21(17)23/h5-8,11-13H,4,9-10H2,1-3H3. The molecule has 0 fully saturated rings. The number of pyridine rings is 1. The lowest BCUT2D eigenvalue weighted by Gasteiger charge is -2.21. The summed E-state index contributed by atoms with van der Waals surface area (Å²) in [5.74, 6) is 1.26. The zero-order valence-electron chi connectivity index (χ0n) is 15.7. The van der Waals surface area contributed by atoms with Crippen LogP contribution in [-0.4, -0.2) is 26.6 Å². The van der Waals surface area contributed by atoms with Crippen molar-refractivity contribution in [2.45, 2.75) is 32.1 Å². The van der Waals surface area contributed by atoms with Crippen molar-refractivity contribution in [1.82, 2.24) is 4.98 Å². The lowest BCUT2D eigenvalue weighted by atomic mass is 10.1. The fraction of sp³-hybridized carbons (Fsp3) is 0.286. The lowest BCUT2D eigenvalue weighted by molar-refractivity contribution is 0.337. The Kier molecular flexibility index (Phi) is 4.30. The number of para-hydroxylation sites is 1. The van der Waals surface area contributed by atoms with E-state index in [1.54, 1.807) is 19.1 Å². The molecule has 0 N–H and O–H groups in total. The minimum absolute atomic E-state index is 0.311. The van der Waals surface area contributed by atoms with Crippen LogP contribution in [0.3, 0.4) is 0 Å². The van der Waals surface area contributed by atoms with Crippen LogP contribution in [0.15, 0.2) is 47.4 Å². The van der Waals surface area contributed by atoms with E-state index < -0.39 is 10.0 Å². The predicted molar refractivity (Wildman–Crippen MR) is 107 cm³/mol. The molecule has 4 rings (SSSR count). The Hall–Kier alpha value is -2.60. The molecule has 0 saturated heterocycles. The Morgan fingerprint density at radius 1 is 1.11 bits per heavy atom. The van der Waals surface area contributed by atoms with Gasteiger partial charge >= 0.3 is 0 Å². The molecule has 0 spiro atoms. The molecule has 0 unspecified atom stereocenters. The number of aromatic nitrogens is 1. The van der Waals surface area contributed by atoms with Crippen LogP contribution >= 0.6 is 0 Å². The van der Waals surface area contributed by atoms with Gasteiger partial charge in [0.25, 0.3) is 10.0 Å². The van der Waals surface area contributed by atoms with Gasteiger partial charge in [0, 0.05) is 11.9 Å². The highest BCUT2D eigenvalue weighted by Crippen LogP contribution is 2.35. The number of hydrogen-bond acceptors (Lipinski definition) is 4. The van der Waals surface area contributed by atoms with Crippen molar-refractivity contribution in [2.75, 3.05) is 17.5 Å². The topological polar surface area (TPSA) is 59.5 Å². The van der Waals surface area contributed by atoms with Crippen LogP contribution in [0.1, 0.15) is 23.6 Å². The second-order valence-corrected chi connectivity index (χ2v) is 8.64. The van der Waals surface area contributed by atoms with E-state index in [0.717, 1.165) is 27.8 Å². The van der Waals surface area contributed by atoms with Gasteiger partial charge < -0.3 is 4.74 Å². The lowest BCUT2D eigenvalue weighted by Crippen LogP contribution is -2.30. The maximum Gasteiger partial charge on any atom is 0.265 e. The van der Waals surface area contributed by atoms with Crippen molar-refractivity contribution in [3.05, 3.63) is 59.2 Å². The van der Waals surface area contributed by atoms with Crippen LogP contribution in [0, 0.1) is 13.8 Å². The summed E-state index contributed by atoms with van der Waals surface area (Å²) in [5, 5.41) is 1.03. The molecule has 0 bridgehead atoms. The zero-order chi connectivity index (χ0) is 19.2.